The van der Waals surface area contributed by atoms with E-state index in [9.17, 15) is 8.42 Å². The molecule has 0 saturated carbocycles. The summed E-state index contributed by atoms with van der Waals surface area (Å²) in [5.74, 6) is 0.896. The average molecular weight is 298 g/mol. The van der Waals surface area contributed by atoms with Crippen molar-refractivity contribution in [3.05, 3.63) is 29.8 Å². The molecule has 20 heavy (non-hydrogen) atoms. The van der Waals surface area contributed by atoms with Gasteiger partial charge in [0.05, 0.1) is 11.8 Å². The zero-order chi connectivity index (χ0) is 14.6. The molecule has 1 aliphatic heterocycles. The first-order chi connectivity index (χ1) is 9.48. The van der Waals surface area contributed by atoms with Gasteiger partial charge >= 0.3 is 0 Å². The van der Waals surface area contributed by atoms with Crippen LogP contribution < -0.4 is 14.8 Å². The number of nitrogens with one attached hydrogen (secondary N) is 2. The van der Waals surface area contributed by atoms with E-state index in [0.29, 0.717) is 25.6 Å². The van der Waals surface area contributed by atoms with Gasteiger partial charge in [0, 0.05) is 11.6 Å². The van der Waals surface area contributed by atoms with Crippen LogP contribution in [0.15, 0.2) is 24.3 Å². The van der Waals surface area contributed by atoms with Gasteiger partial charge < -0.3 is 10.1 Å². The Balaban J connectivity index is 1.87. The standard InChI is InChI=1S/C14H22N2O3S/c1-11(2)15-8-5-9-20(17,18)16-13-10-19-14-7-4-3-6-12(13)14/h3-4,6-7,11,13,15-16H,5,8-10H2,1-2H3. The van der Waals surface area contributed by atoms with Gasteiger partial charge in [-0.2, -0.15) is 0 Å². The van der Waals surface area contributed by atoms with E-state index in [1.807, 2.05) is 38.1 Å². The summed E-state index contributed by atoms with van der Waals surface area (Å²) in [6, 6.07) is 7.63. The van der Waals surface area contributed by atoms with Crippen molar-refractivity contribution in [2.45, 2.75) is 32.4 Å². The second-order valence-corrected chi connectivity index (χ2v) is 7.17. The minimum atomic E-state index is -3.28. The van der Waals surface area contributed by atoms with Crippen molar-refractivity contribution in [1.82, 2.24) is 10.0 Å². The number of benzene rings is 1. The molecule has 2 rings (SSSR count). The van der Waals surface area contributed by atoms with Crippen LogP contribution in [0, 0.1) is 0 Å². The van der Waals surface area contributed by atoms with E-state index < -0.39 is 10.0 Å². The number of rotatable bonds is 7. The summed E-state index contributed by atoms with van der Waals surface area (Å²) < 4.78 is 32.3. The summed E-state index contributed by atoms with van der Waals surface area (Å²) in [7, 11) is -3.28. The van der Waals surface area contributed by atoms with E-state index in [1.54, 1.807) is 0 Å². The van der Waals surface area contributed by atoms with Crippen molar-refractivity contribution < 1.29 is 13.2 Å². The molecule has 1 atom stereocenters. The number of sulfonamides is 1. The van der Waals surface area contributed by atoms with Crippen LogP contribution in [0.25, 0.3) is 0 Å². The summed E-state index contributed by atoms with van der Waals surface area (Å²) in [4.78, 5) is 0. The lowest BCUT2D eigenvalue weighted by molar-refractivity contribution is 0.325. The maximum Gasteiger partial charge on any atom is 0.212 e. The SMILES string of the molecule is CC(C)NCCCS(=O)(=O)NC1COc2ccccc21. The molecule has 0 amide bonds. The van der Waals surface area contributed by atoms with Gasteiger partial charge in [-0.05, 0) is 19.0 Å². The Morgan fingerprint density at radius 1 is 1.35 bits per heavy atom. The van der Waals surface area contributed by atoms with E-state index in [1.165, 1.54) is 0 Å². The van der Waals surface area contributed by atoms with Gasteiger partial charge in [-0.15, -0.1) is 0 Å². The quantitative estimate of drug-likeness (QED) is 0.747. The molecule has 1 unspecified atom stereocenters. The van der Waals surface area contributed by atoms with Crippen LogP contribution in [-0.2, 0) is 10.0 Å². The number of ether oxygens (including phenoxy) is 1. The van der Waals surface area contributed by atoms with Crippen molar-refractivity contribution in [3.8, 4) is 5.75 Å². The number of para-hydroxylation sites is 1. The molecule has 5 nitrogen and oxygen atoms in total. The van der Waals surface area contributed by atoms with Gasteiger partial charge in [-0.3, -0.25) is 0 Å². The highest BCUT2D eigenvalue weighted by Gasteiger charge is 2.27. The average Bonchev–Trinajstić information content (AvgIpc) is 2.78. The summed E-state index contributed by atoms with van der Waals surface area (Å²) in [6.45, 7) is 5.15. The van der Waals surface area contributed by atoms with Crippen molar-refractivity contribution in [3.63, 3.8) is 0 Å². The van der Waals surface area contributed by atoms with Crippen LogP contribution in [0.1, 0.15) is 31.9 Å². The van der Waals surface area contributed by atoms with E-state index in [0.717, 1.165) is 11.3 Å². The molecule has 6 heteroatoms. The lowest BCUT2D eigenvalue weighted by Gasteiger charge is -2.13. The van der Waals surface area contributed by atoms with E-state index in [2.05, 4.69) is 10.0 Å². The Kier molecular flexibility index (Phi) is 5.01. The van der Waals surface area contributed by atoms with E-state index >= 15 is 0 Å². The Bertz CT molecular complexity index is 543. The van der Waals surface area contributed by atoms with Gasteiger partial charge in [-0.25, -0.2) is 13.1 Å². The summed E-state index contributed by atoms with van der Waals surface area (Å²) in [5, 5.41) is 3.21. The van der Waals surface area contributed by atoms with Crippen molar-refractivity contribution in [1.29, 1.82) is 0 Å². The first-order valence-electron chi connectivity index (χ1n) is 6.93. The molecule has 0 spiro atoms. The Hall–Kier alpha value is -1.11. The molecule has 2 N–H and O–H groups in total. The van der Waals surface area contributed by atoms with Gasteiger partial charge in [0.1, 0.15) is 12.4 Å². The van der Waals surface area contributed by atoms with Gasteiger partial charge in [0.2, 0.25) is 10.0 Å². The van der Waals surface area contributed by atoms with Crippen LogP contribution in [0.3, 0.4) is 0 Å². The third kappa shape index (κ3) is 4.19. The fraction of sp³-hybridized carbons (Fsp3) is 0.571. The number of fused-ring (bicyclic) bond motifs is 1. The molecule has 1 aromatic rings. The highest BCUT2D eigenvalue weighted by molar-refractivity contribution is 7.89. The van der Waals surface area contributed by atoms with Crippen LogP contribution in [0.4, 0.5) is 0 Å². The molecule has 112 valence electrons. The van der Waals surface area contributed by atoms with Crippen LogP contribution in [0.5, 0.6) is 5.75 Å². The predicted octanol–water partition coefficient (Wildman–Crippen LogP) is 1.43. The van der Waals surface area contributed by atoms with Crippen molar-refractivity contribution in [2.24, 2.45) is 0 Å². The maximum atomic E-state index is 12.0. The van der Waals surface area contributed by atoms with Gasteiger partial charge in [0.25, 0.3) is 0 Å². The maximum absolute atomic E-state index is 12.0. The summed E-state index contributed by atoms with van der Waals surface area (Å²) >= 11 is 0. The molecule has 0 aromatic heterocycles. The topological polar surface area (TPSA) is 67.4 Å². The van der Waals surface area contributed by atoms with Crippen LogP contribution in [0.2, 0.25) is 0 Å². The number of hydrogen-bond donors (Lipinski definition) is 2. The molecular weight excluding hydrogens is 276 g/mol. The minimum Gasteiger partial charge on any atom is -0.491 e. The third-order valence-electron chi connectivity index (χ3n) is 3.16. The lowest BCUT2D eigenvalue weighted by atomic mass is 10.1. The lowest BCUT2D eigenvalue weighted by Crippen LogP contribution is -2.33. The molecule has 0 bridgehead atoms. The van der Waals surface area contributed by atoms with E-state index in [4.69, 9.17) is 4.74 Å². The highest BCUT2D eigenvalue weighted by atomic mass is 32.2. The second kappa shape index (κ2) is 6.56. The Morgan fingerprint density at radius 2 is 2.10 bits per heavy atom. The fourth-order valence-corrected chi connectivity index (χ4v) is 3.46. The van der Waals surface area contributed by atoms with Gasteiger partial charge in [-0.1, -0.05) is 32.0 Å². The Morgan fingerprint density at radius 3 is 2.85 bits per heavy atom. The van der Waals surface area contributed by atoms with Crippen molar-refractivity contribution in [2.75, 3.05) is 18.9 Å². The van der Waals surface area contributed by atoms with Gasteiger partial charge in [0.15, 0.2) is 0 Å². The molecule has 0 fully saturated rings. The predicted molar refractivity (Wildman–Crippen MR) is 79.4 cm³/mol. The molecule has 1 aliphatic rings. The van der Waals surface area contributed by atoms with E-state index in [-0.39, 0.29) is 11.8 Å². The zero-order valence-corrected chi connectivity index (χ0v) is 12.7. The third-order valence-corrected chi connectivity index (χ3v) is 4.63. The van der Waals surface area contributed by atoms with Crippen LogP contribution >= 0.6 is 0 Å². The highest BCUT2D eigenvalue weighted by Crippen LogP contribution is 2.32. The van der Waals surface area contributed by atoms with Crippen LogP contribution in [-0.4, -0.2) is 33.4 Å². The summed E-state index contributed by atoms with van der Waals surface area (Å²) in [6.07, 6.45) is 0.600. The second-order valence-electron chi connectivity index (χ2n) is 5.30. The summed E-state index contributed by atoms with van der Waals surface area (Å²) in [5.41, 5.74) is 0.913. The molecule has 1 heterocycles. The smallest absolute Gasteiger partial charge is 0.212 e. The minimum absolute atomic E-state index is 0.130. The molecule has 0 aliphatic carbocycles. The zero-order valence-electron chi connectivity index (χ0n) is 11.9. The molecule has 0 saturated heterocycles. The molecule has 1 aromatic carbocycles. The molecule has 0 radical (unpaired) electrons. The van der Waals surface area contributed by atoms with Crippen molar-refractivity contribution >= 4 is 10.0 Å². The molecular formula is C14H22N2O3S. The largest absolute Gasteiger partial charge is 0.491 e. The monoisotopic (exact) mass is 298 g/mol. The first kappa shape index (κ1) is 15.3. The normalized spacial score (nSPS) is 18.1. The first-order valence-corrected chi connectivity index (χ1v) is 8.58. The fourth-order valence-electron chi connectivity index (χ4n) is 2.19. The Labute approximate surface area is 120 Å². The number of hydrogen-bond acceptors (Lipinski definition) is 4.